The Kier molecular flexibility index (Phi) is 4.09. The third-order valence-corrected chi connectivity index (χ3v) is 2.93. The number of esters is 1. The summed E-state index contributed by atoms with van der Waals surface area (Å²) in [6, 6.07) is 0. The minimum absolute atomic E-state index is 0.210. The predicted octanol–water partition coefficient (Wildman–Crippen LogP) is 0.878. The van der Waals surface area contributed by atoms with Crippen molar-refractivity contribution < 1.29 is 14.3 Å². The Hall–Kier alpha value is -1.69. The second-order valence-corrected chi connectivity index (χ2v) is 4.10. The lowest BCUT2D eigenvalue weighted by molar-refractivity contribution is 0.0381. The van der Waals surface area contributed by atoms with Crippen molar-refractivity contribution >= 4 is 11.8 Å². The molecule has 0 aromatic carbocycles. The summed E-state index contributed by atoms with van der Waals surface area (Å²) in [5, 5.41) is 0. The molecule has 2 rings (SSSR count). The van der Waals surface area contributed by atoms with Crippen LogP contribution in [-0.2, 0) is 9.47 Å². The van der Waals surface area contributed by atoms with Crippen molar-refractivity contribution in [3.8, 4) is 0 Å². The number of hydrogen-bond acceptors (Lipinski definition) is 6. The van der Waals surface area contributed by atoms with Crippen LogP contribution < -0.4 is 4.90 Å². The molecule has 1 aromatic heterocycles. The number of morpholine rings is 1. The van der Waals surface area contributed by atoms with E-state index in [0.717, 1.165) is 19.5 Å². The van der Waals surface area contributed by atoms with Gasteiger partial charge >= 0.3 is 5.97 Å². The Morgan fingerprint density at radius 2 is 2.44 bits per heavy atom. The van der Waals surface area contributed by atoms with Crippen molar-refractivity contribution in [3.63, 3.8) is 0 Å². The molecule has 0 N–H and O–H groups in total. The highest BCUT2D eigenvalue weighted by molar-refractivity contribution is 5.87. The van der Waals surface area contributed by atoms with Gasteiger partial charge in [-0.15, -0.1) is 0 Å². The van der Waals surface area contributed by atoms with Gasteiger partial charge in [-0.2, -0.15) is 0 Å². The van der Waals surface area contributed by atoms with Gasteiger partial charge in [0, 0.05) is 13.1 Å². The number of rotatable bonds is 3. The zero-order valence-electron chi connectivity index (χ0n) is 10.6. The maximum absolute atomic E-state index is 11.4. The minimum atomic E-state index is -0.468. The second kappa shape index (κ2) is 5.77. The van der Waals surface area contributed by atoms with Crippen LogP contribution in [0.2, 0.25) is 0 Å². The zero-order valence-corrected chi connectivity index (χ0v) is 10.6. The molecule has 1 aliphatic rings. The fourth-order valence-corrected chi connectivity index (χ4v) is 1.89. The maximum Gasteiger partial charge on any atom is 0.358 e. The molecule has 0 bridgehead atoms. The van der Waals surface area contributed by atoms with Gasteiger partial charge in [-0.05, 0) is 6.42 Å². The number of methoxy groups -OCH3 is 1. The molecular weight excluding hydrogens is 234 g/mol. The molecule has 0 amide bonds. The number of carbonyl (C=O) groups is 1. The van der Waals surface area contributed by atoms with E-state index in [0.29, 0.717) is 12.4 Å². The van der Waals surface area contributed by atoms with Crippen LogP contribution in [0.25, 0.3) is 0 Å². The third-order valence-electron chi connectivity index (χ3n) is 2.93. The highest BCUT2D eigenvalue weighted by Gasteiger charge is 2.21. The van der Waals surface area contributed by atoms with Gasteiger partial charge in [-0.3, -0.25) is 4.98 Å². The summed E-state index contributed by atoms with van der Waals surface area (Å²) in [5.41, 5.74) is 0.231. The van der Waals surface area contributed by atoms with Gasteiger partial charge in [0.1, 0.15) is 5.82 Å². The summed E-state index contributed by atoms with van der Waals surface area (Å²) in [5.74, 6) is 0.226. The van der Waals surface area contributed by atoms with Gasteiger partial charge in [0.05, 0.1) is 32.2 Å². The van der Waals surface area contributed by atoms with Crippen molar-refractivity contribution in [1.82, 2.24) is 9.97 Å². The monoisotopic (exact) mass is 251 g/mol. The molecule has 1 aliphatic heterocycles. The number of anilines is 1. The molecule has 18 heavy (non-hydrogen) atoms. The number of ether oxygens (including phenoxy) is 2. The molecule has 1 atom stereocenters. The van der Waals surface area contributed by atoms with E-state index in [9.17, 15) is 4.79 Å². The van der Waals surface area contributed by atoms with Crippen LogP contribution in [0.5, 0.6) is 0 Å². The van der Waals surface area contributed by atoms with E-state index in [-0.39, 0.29) is 11.8 Å². The molecule has 1 saturated heterocycles. The fourth-order valence-electron chi connectivity index (χ4n) is 1.89. The van der Waals surface area contributed by atoms with Crippen LogP contribution in [0, 0.1) is 0 Å². The lowest BCUT2D eigenvalue weighted by Crippen LogP contribution is -2.42. The van der Waals surface area contributed by atoms with Crippen LogP contribution in [0.1, 0.15) is 23.8 Å². The quantitative estimate of drug-likeness (QED) is 0.743. The molecule has 0 spiro atoms. The van der Waals surface area contributed by atoms with E-state index in [1.807, 2.05) is 0 Å². The van der Waals surface area contributed by atoms with Crippen LogP contribution in [-0.4, -0.2) is 48.8 Å². The van der Waals surface area contributed by atoms with Gasteiger partial charge in [-0.1, -0.05) is 6.92 Å². The largest absolute Gasteiger partial charge is 0.464 e. The smallest absolute Gasteiger partial charge is 0.358 e. The summed E-state index contributed by atoms with van der Waals surface area (Å²) in [6.07, 6.45) is 4.24. The summed E-state index contributed by atoms with van der Waals surface area (Å²) in [4.78, 5) is 21.8. The number of nitrogens with zero attached hydrogens (tertiary/aromatic N) is 3. The van der Waals surface area contributed by atoms with E-state index >= 15 is 0 Å². The van der Waals surface area contributed by atoms with Gasteiger partial charge in [0.25, 0.3) is 0 Å². The predicted molar refractivity (Wildman–Crippen MR) is 65.6 cm³/mol. The molecule has 2 heterocycles. The highest BCUT2D eigenvalue weighted by Crippen LogP contribution is 2.16. The Labute approximate surface area is 106 Å². The average molecular weight is 251 g/mol. The summed E-state index contributed by atoms with van der Waals surface area (Å²) in [6.45, 7) is 4.29. The van der Waals surface area contributed by atoms with Crippen LogP contribution in [0.15, 0.2) is 12.4 Å². The van der Waals surface area contributed by atoms with Crippen molar-refractivity contribution in [2.24, 2.45) is 0 Å². The van der Waals surface area contributed by atoms with E-state index in [1.54, 1.807) is 6.20 Å². The van der Waals surface area contributed by atoms with Crippen molar-refractivity contribution in [2.45, 2.75) is 19.4 Å². The van der Waals surface area contributed by atoms with Gasteiger partial charge in [0.2, 0.25) is 0 Å². The van der Waals surface area contributed by atoms with Crippen molar-refractivity contribution in [1.29, 1.82) is 0 Å². The summed E-state index contributed by atoms with van der Waals surface area (Å²) < 4.78 is 10.2. The van der Waals surface area contributed by atoms with Crippen molar-refractivity contribution in [2.75, 3.05) is 31.7 Å². The highest BCUT2D eigenvalue weighted by atomic mass is 16.5. The molecular formula is C12H17N3O3. The topological polar surface area (TPSA) is 64.6 Å². The molecule has 0 saturated carbocycles. The maximum atomic E-state index is 11.4. The first-order chi connectivity index (χ1) is 8.74. The molecule has 0 radical (unpaired) electrons. The van der Waals surface area contributed by atoms with E-state index in [2.05, 4.69) is 26.5 Å². The lowest BCUT2D eigenvalue weighted by Gasteiger charge is -2.33. The second-order valence-electron chi connectivity index (χ2n) is 4.10. The molecule has 6 heteroatoms. The van der Waals surface area contributed by atoms with Gasteiger partial charge in [-0.25, -0.2) is 9.78 Å². The van der Waals surface area contributed by atoms with Crippen LogP contribution in [0.3, 0.4) is 0 Å². The SMILES string of the molecule is CCC1CN(c2cncc(C(=O)OC)n2)CCO1. The van der Waals surface area contributed by atoms with E-state index in [4.69, 9.17) is 4.74 Å². The van der Waals surface area contributed by atoms with Crippen molar-refractivity contribution in [3.05, 3.63) is 18.1 Å². The zero-order chi connectivity index (χ0) is 13.0. The first-order valence-corrected chi connectivity index (χ1v) is 6.01. The Bertz CT molecular complexity index is 425. The molecule has 6 nitrogen and oxygen atoms in total. The Balaban J connectivity index is 2.15. The Morgan fingerprint density at radius 3 is 3.17 bits per heavy atom. The molecule has 98 valence electrons. The summed E-state index contributed by atoms with van der Waals surface area (Å²) in [7, 11) is 1.33. The van der Waals surface area contributed by atoms with Gasteiger partial charge < -0.3 is 14.4 Å². The van der Waals surface area contributed by atoms with Gasteiger partial charge in [0.15, 0.2) is 5.69 Å². The van der Waals surface area contributed by atoms with Crippen LogP contribution in [0.4, 0.5) is 5.82 Å². The summed E-state index contributed by atoms with van der Waals surface area (Å²) >= 11 is 0. The fraction of sp³-hybridized carbons (Fsp3) is 0.583. The number of aromatic nitrogens is 2. The van der Waals surface area contributed by atoms with E-state index in [1.165, 1.54) is 13.3 Å². The first-order valence-electron chi connectivity index (χ1n) is 6.01. The normalized spacial score (nSPS) is 19.7. The Morgan fingerprint density at radius 1 is 1.61 bits per heavy atom. The number of carbonyl (C=O) groups excluding carboxylic acids is 1. The molecule has 0 aliphatic carbocycles. The first kappa shape index (κ1) is 12.8. The van der Waals surface area contributed by atoms with Crippen LogP contribution >= 0.6 is 0 Å². The minimum Gasteiger partial charge on any atom is -0.464 e. The lowest BCUT2D eigenvalue weighted by atomic mass is 10.2. The average Bonchev–Trinajstić information content (AvgIpc) is 2.46. The third kappa shape index (κ3) is 2.76. The number of hydrogen-bond donors (Lipinski definition) is 0. The molecule has 1 fully saturated rings. The standard InChI is InChI=1S/C12H17N3O3/c1-3-9-8-15(4-5-18-9)11-7-13-6-10(14-11)12(16)17-2/h6-7,9H,3-5,8H2,1-2H3. The van der Waals surface area contributed by atoms with E-state index < -0.39 is 5.97 Å². The molecule has 1 unspecified atom stereocenters. The molecule has 1 aromatic rings.